The molecular weight excluding hydrogens is 162 g/mol. The molecule has 76 valence electrons. The molecule has 2 unspecified atom stereocenters. The lowest BCUT2D eigenvalue weighted by atomic mass is 9.76. The van der Waals surface area contributed by atoms with E-state index in [1.807, 2.05) is 0 Å². The molecule has 0 radical (unpaired) electrons. The lowest BCUT2D eigenvalue weighted by Crippen LogP contribution is -2.32. The van der Waals surface area contributed by atoms with Gasteiger partial charge in [0, 0.05) is 5.92 Å². The third kappa shape index (κ3) is 3.02. The molecule has 13 heavy (non-hydrogen) atoms. The second kappa shape index (κ2) is 5.25. The van der Waals surface area contributed by atoms with Crippen LogP contribution < -0.4 is 5.73 Å². The Kier molecular flexibility index (Phi) is 4.26. The van der Waals surface area contributed by atoms with E-state index < -0.39 is 0 Å². The predicted octanol–water partition coefficient (Wildman–Crippen LogP) is 2.47. The Balaban J connectivity index is 2.41. The maximum atomic E-state index is 11.2. The van der Waals surface area contributed by atoms with Gasteiger partial charge in [0.2, 0.25) is 5.91 Å². The molecule has 1 aliphatic rings. The number of carbonyl (C=O) groups excluding carboxylic acids is 1. The lowest BCUT2D eigenvalue weighted by molar-refractivity contribution is -0.124. The van der Waals surface area contributed by atoms with Crippen LogP contribution in [-0.2, 0) is 4.79 Å². The van der Waals surface area contributed by atoms with Gasteiger partial charge in [0.1, 0.15) is 0 Å². The Morgan fingerprint density at radius 1 is 1.38 bits per heavy atom. The van der Waals surface area contributed by atoms with Crippen molar-refractivity contribution in [3.05, 3.63) is 0 Å². The van der Waals surface area contributed by atoms with Gasteiger partial charge in [0.05, 0.1) is 0 Å². The number of carbonyl (C=O) groups is 1. The first-order valence-corrected chi connectivity index (χ1v) is 5.55. The topological polar surface area (TPSA) is 43.1 Å². The highest BCUT2D eigenvalue weighted by atomic mass is 16.1. The summed E-state index contributed by atoms with van der Waals surface area (Å²) in [7, 11) is 0. The van der Waals surface area contributed by atoms with Crippen molar-refractivity contribution in [1.82, 2.24) is 0 Å². The summed E-state index contributed by atoms with van der Waals surface area (Å²) >= 11 is 0. The lowest BCUT2D eigenvalue weighted by Gasteiger charge is -2.29. The minimum atomic E-state index is -0.0687. The molecule has 2 nitrogen and oxygen atoms in total. The van der Waals surface area contributed by atoms with Crippen LogP contribution in [0, 0.1) is 11.8 Å². The van der Waals surface area contributed by atoms with Crippen LogP contribution in [0.4, 0.5) is 0 Å². The minimum Gasteiger partial charge on any atom is -0.369 e. The molecule has 2 atom stereocenters. The molecule has 0 aromatic rings. The van der Waals surface area contributed by atoms with Gasteiger partial charge >= 0.3 is 0 Å². The van der Waals surface area contributed by atoms with Gasteiger partial charge in [-0.3, -0.25) is 4.79 Å². The maximum Gasteiger partial charge on any atom is 0.220 e. The highest BCUT2D eigenvalue weighted by molar-refractivity contribution is 5.77. The smallest absolute Gasteiger partial charge is 0.220 e. The Labute approximate surface area is 80.9 Å². The molecule has 1 amide bonds. The van der Waals surface area contributed by atoms with Crippen LogP contribution in [0.1, 0.15) is 51.9 Å². The predicted molar refractivity (Wildman–Crippen MR) is 54.2 cm³/mol. The van der Waals surface area contributed by atoms with Gasteiger partial charge in [-0.2, -0.15) is 0 Å². The molecular formula is C11H21NO. The average Bonchev–Trinajstić information content (AvgIpc) is 2.15. The highest BCUT2D eigenvalue weighted by Crippen LogP contribution is 2.33. The SMILES string of the molecule is CCCCC1CCCCC1C(N)=O. The third-order valence-electron chi connectivity index (χ3n) is 3.20. The fourth-order valence-corrected chi connectivity index (χ4v) is 2.39. The standard InChI is InChI=1S/C11H21NO/c1-2-3-6-9-7-4-5-8-10(9)11(12)13/h9-10H,2-8H2,1H3,(H2,12,13). The molecule has 2 heteroatoms. The fraction of sp³-hybridized carbons (Fsp3) is 0.909. The molecule has 0 aromatic heterocycles. The van der Waals surface area contributed by atoms with E-state index in [4.69, 9.17) is 5.73 Å². The van der Waals surface area contributed by atoms with Crippen molar-refractivity contribution in [2.45, 2.75) is 51.9 Å². The van der Waals surface area contributed by atoms with Crippen LogP contribution in [0.5, 0.6) is 0 Å². The molecule has 1 fully saturated rings. The number of hydrogen-bond donors (Lipinski definition) is 1. The minimum absolute atomic E-state index is 0.0687. The molecule has 0 aromatic carbocycles. The van der Waals surface area contributed by atoms with Crippen LogP contribution in [-0.4, -0.2) is 5.91 Å². The molecule has 0 heterocycles. The zero-order valence-corrected chi connectivity index (χ0v) is 8.59. The molecule has 1 rings (SSSR count). The van der Waals surface area contributed by atoms with Crippen LogP contribution in [0.3, 0.4) is 0 Å². The van der Waals surface area contributed by atoms with Gasteiger partial charge < -0.3 is 5.73 Å². The highest BCUT2D eigenvalue weighted by Gasteiger charge is 2.28. The summed E-state index contributed by atoms with van der Waals surface area (Å²) < 4.78 is 0. The Morgan fingerprint density at radius 3 is 2.69 bits per heavy atom. The molecule has 0 spiro atoms. The summed E-state index contributed by atoms with van der Waals surface area (Å²) in [5.74, 6) is 0.701. The van der Waals surface area contributed by atoms with E-state index in [0.29, 0.717) is 5.92 Å². The largest absolute Gasteiger partial charge is 0.369 e. The normalized spacial score (nSPS) is 28.7. The van der Waals surface area contributed by atoms with Crippen molar-refractivity contribution in [3.8, 4) is 0 Å². The summed E-state index contributed by atoms with van der Waals surface area (Å²) in [6.07, 6.45) is 8.40. The van der Waals surface area contributed by atoms with Gasteiger partial charge in [-0.15, -0.1) is 0 Å². The van der Waals surface area contributed by atoms with Gasteiger partial charge in [-0.1, -0.05) is 32.6 Å². The van der Waals surface area contributed by atoms with Crippen molar-refractivity contribution < 1.29 is 4.79 Å². The zero-order chi connectivity index (χ0) is 9.68. The van der Waals surface area contributed by atoms with E-state index in [0.717, 1.165) is 6.42 Å². The van der Waals surface area contributed by atoms with E-state index in [-0.39, 0.29) is 11.8 Å². The molecule has 1 saturated carbocycles. The Morgan fingerprint density at radius 2 is 2.08 bits per heavy atom. The monoisotopic (exact) mass is 183 g/mol. The molecule has 2 N–H and O–H groups in total. The number of nitrogens with two attached hydrogens (primary N) is 1. The summed E-state index contributed by atoms with van der Waals surface area (Å²) in [5, 5.41) is 0. The van der Waals surface area contributed by atoms with Crippen LogP contribution in [0.25, 0.3) is 0 Å². The molecule has 1 aliphatic carbocycles. The van der Waals surface area contributed by atoms with Crippen molar-refractivity contribution in [2.24, 2.45) is 17.6 Å². The zero-order valence-electron chi connectivity index (χ0n) is 8.59. The van der Waals surface area contributed by atoms with Crippen LogP contribution in [0.2, 0.25) is 0 Å². The van der Waals surface area contributed by atoms with Crippen LogP contribution in [0.15, 0.2) is 0 Å². The molecule has 0 saturated heterocycles. The van der Waals surface area contributed by atoms with Crippen molar-refractivity contribution in [1.29, 1.82) is 0 Å². The quantitative estimate of drug-likeness (QED) is 0.714. The first-order valence-electron chi connectivity index (χ1n) is 5.55. The second-order valence-electron chi connectivity index (χ2n) is 4.20. The van der Waals surface area contributed by atoms with E-state index in [1.165, 1.54) is 38.5 Å². The average molecular weight is 183 g/mol. The summed E-state index contributed by atoms with van der Waals surface area (Å²) in [6, 6.07) is 0. The molecule has 0 aliphatic heterocycles. The summed E-state index contributed by atoms with van der Waals surface area (Å²) in [4.78, 5) is 11.2. The van der Waals surface area contributed by atoms with E-state index in [2.05, 4.69) is 6.92 Å². The van der Waals surface area contributed by atoms with Gasteiger partial charge in [-0.05, 0) is 25.2 Å². The number of unbranched alkanes of at least 4 members (excludes halogenated alkanes) is 1. The van der Waals surface area contributed by atoms with E-state index in [1.54, 1.807) is 0 Å². The van der Waals surface area contributed by atoms with E-state index >= 15 is 0 Å². The second-order valence-corrected chi connectivity index (χ2v) is 4.20. The number of amides is 1. The first-order chi connectivity index (χ1) is 6.25. The summed E-state index contributed by atoms with van der Waals surface area (Å²) in [5.41, 5.74) is 5.39. The van der Waals surface area contributed by atoms with Gasteiger partial charge in [-0.25, -0.2) is 0 Å². The first kappa shape index (κ1) is 10.6. The summed E-state index contributed by atoms with van der Waals surface area (Å²) in [6.45, 7) is 2.20. The van der Waals surface area contributed by atoms with Crippen LogP contribution >= 0.6 is 0 Å². The number of hydrogen-bond acceptors (Lipinski definition) is 1. The number of primary amides is 1. The maximum absolute atomic E-state index is 11.2. The van der Waals surface area contributed by atoms with Gasteiger partial charge in [0.25, 0.3) is 0 Å². The van der Waals surface area contributed by atoms with Crippen molar-refractivity contribution in [2.75, 3.05) is 0 Å². The third-order valence-corrected chi connectivity index (χ3v) is 3.20. The van der Waals surface area contributed by atoms with Crippen molar-refractivity contribution in [3.63, 3.8) is 0 Å². The number of rotatable bonds is 4. The fourth-order valence-electron chi connectivity index (χ4n) is 2.39. The Hall–Kier alpha value is -0.530. The van der Waals surface area contributed by atoms with Crippen molar-refractivity contribution >= 4 is 5.91 Å². The Bertz CT molecular complexity index is 167. The van der Waals surface area contributed by atoms with Gasteiger partial charge in [0.15, 0.2) is 0 Å². The molecule has 0 bridgehead atoms. The van der Waals surface area contributed by atoms with E-state index in [9.17, 15) is 4.79 Å².